The summed E-state index contributed by atoms with van der Waals surface area (Å²) in [5.41, 5.74) is 3.23. The minimum absolute atomic E-state index is 0. The van der Waals surface area contributed by atoms with Crippen LogP contribution in [0.5, 0.6) is 0 Å². The summed E-state index contributed by atoms with van der Waals surface area (Å²) < 4.78 is 1.90. The van der Waals surface area contributed by atoms with E-state index >= 15 is 0 Å². The van der Waals surface area contributed by atoms with Gasteiger partial charge in [-0.2, -0.15) is 0 Å². The van der Waals surface area contributed by atoms with Gasteiger partial charge in [-0.05, 0) is 56.5 Å². The molecule has 0 spiro atoms. The lowest BCUT2D eigenvalue weighted by molar-refractivity contribution is 0.102. The predicted octanol–water partition coefficient (Wildman–Crippen LogP) is 3.31. The Balaban J connectivity index is 0.00000225. The molecule has 3 rings (SSSR count). The van der Waals surface area contributed by atoms with Crippen LogP contribution in [0.15, 0.2) is 24.3 Å². The van der Waals surface area contributed by atoms with Gasteiger partial charge in [0.25, 0.3) is 5.91 Å². The number of nitrogens with one attached hydrogen (secondary N) is 2. The number of hydrogen-bond acceptors (Lipinski definition) is 4. The Bertz CT molecular complexity index is 722. The van der Waals surface area contributed by atoms with Crippen LogP contribution in [0.3, 0.4) is 0 Å². The zero-order chi connectivity index (χ0) is 17.1. The molecule has 1 saturated heterocycles. The fraction of sp³-hybridized carbons (Fsp3) is 0.500. The SMILES string of the molecule is Cc1c(C(=O)Nc2cccc(C(C)C)c2)nnn1C1CCNCC1.Cl. The van der Waals surface area contributed by atoms with E-state index in [1.54, 1.807) is 0 Å². The molecule has 0 radical (unpaired) electrons. The van der Waals surface area contributed by atoms with Crippen molar-refractivity contribution in [3.05, 3.63) is 41.2 Å². The van der Waals surface area contributed by atoms with E-state index in [-0.39, 0.29) is 18.3 Å². The molecule has 6 nitrogen and oxygen atoms in total. The number of carbonyl (C=O) groups excluding carboxylic acids is 1. The highest BCUT2D eigenvalue weighted by Gasteiger charge is 2.23. The fourth-order valence-corrected chi connectivity index (χ4v) is 3.11. The highest BCUT2D eigenvalue weighted by atomic mass is 35.5. The molecule has 1 aromatic heterocycles. The Labute approximate surface area is 154 Å². The Kier molecular flexibility index (Phi) is 6.56. The van der Waals surface area contributed by atoms with Gasteiger partial charge in [0.2, 0.25) is 0 Å². The van der Waals surface area contributed by atoms with Gasteiger partial charge in [-0.15, -0.1) is 17.5 Å². The average molecular weight is 364 g/mol. The van der Waals surface area contributed by atoms with Crippen molar-refractivity contribution in [2.24, 2.45) is 0 Å². The lowest BCUT2D eigenvalue weighted by Crippen LogP contribution is -2.30. The third-order valence-electron chi connectivity index (χ3n) is 4.61. The standard InChI is InChI=1S/C18H25N5O.ClH/c1-12(2)14-5-4-6-15(11-14)20-18(24)17-13(3)23(22-21-17)16-7-9-19-10-8-16;/h4-6,11-12,16,19H,7-10H2,1-3H3,(H,20,24);1H. The number of piperidine rings is 1. The maximum absolute atomic E-state index is 12.6. The van der Waals surface area contributed by atoms with Crippen LogP contribution in [-0.4, -0.2) is 34.0 Å². The van der Waals surface area contributed by atoms with Gasteiger partial charge in [0.05, 0.1) is 11.7 Å². The van der Waals surface area contributed by atoms with Crippen LogP contribution in [0.2, 0.25) is 0 Å². The lowest BCUT2D eigenvalue weighted by Gasteiger charge is -2.23. The third-order valence-corrected chi connectivity index (χ3v) is 4.61. The third kappa shape index (κ3) is 4.38. The number of nitrogens with zero attached hydrogens (tertiary/aromatic N) is 3. The Morgan fingerprint density at radius 2 is 2.04 bits per heavy atom. The first-order valence-corrected chi connectivity index (χ1v) is 8.60. The molecular formula is C18H26ClN5O. The second-order valence-electron chi connectivity index (χ2n) is 6.68. The Morgan fingerprint density at radius 1 is 1.32 bits per heavy atom. The van der Waals surface area contributed by atoms with Crippen molar-refractivity contribution in [1.29, 1.82) is 0 Å². The Hall–Kier alpha value is -1.92. The number of carbonyl (C=O) groups is 1. The number of anilines is 1. The highest BCUT2D eigenvalue weighted by Crippen LogP contribution is 2.22. The number of rotatable bonds is 4. The van der Waals surface area contributed by atoms with E-state index < -0.39 is 0 Å². The van der Waals surface area contributed by atoms with Crippen LogP contribution in [0.4, 0.5) is 5.69 Å². The van der Waals surface area contributed by atoms with Crippen LogP contribution >= 0.6 is 12.4 Å². The van der Waals surface area contributed by atoms with Gasteiger partial charge in [0.1, 0.15) is 0 Å². The molecule has 0 unspecified atom stereocenters. The zero-order valence-electron chi connectivity index (χ0n) is 15.0. The van der Waals surface area contributed by atoms with E-state index in [0.717, 1.165) is 37.3 Å². The van der Waals surface area contributed by atoms with Gasteiger partial charge < -0.3 is 10.6 Å². The first-order valence-electron chi connectivity index (χ1n) is 8.60. The Morgan fingerprint density at radius 3 is 2.72 bits per heavy atom. The molecule has 0 saturated carbocycles. The average Bonchev–Trinajstić information content (AvgIpc) is 2.97. The maximum atomic E-state index is 12.6. The molecule has 0 atom stereocenters. The molecule has 7 heteroatoms. The van der Waals surface area contributed by atoms with Crippen LogP contribution in [-0.2, 0) is 0 Å². The summed E-state index contributed by atoms with van der Waals surface area (Å²) in [4.78, 5) is 12.6. The molecule has 0 aliphatic carbocycles. The smallest absolute Gasteiger partial charge is 0.278 e. The first-order chi connectivity index (χ1) is 11.6. The van der Waals surface area contributed by atoms with Gasteiger partial charge in [0.15, 0.2) is 5.69 Å². The monoisotopic (exact) mass is 363 g/mol. The van der Waals surface area contributed by atoms with Crippen molar-refractivity contribution in [3.63, 3.8) is 0 Å². The predicted molar refractivity (Wildman–Crippen MR) is 102 cm³/mol. The van der Waals surface area contributed by atoms with Crippen molar-refractivity contribution in [2.75, 3.05) is 18.4 Å². The van der Waals surface area contributed by atoms with E-state index in [0.29, 0.717) is 17.7 Å². The molecule has 1 aliphatic heterocycles. The van der Waals surface area contributed by atoms with E-state index in [2.05, 4.69) is 40.9 Å². The highest BCUT2D eigenvalue weighted by molar-refractivity contribution is 6.03. The number of benzene rings is 1. The quantitative estimate of drug-likeness (QED) is 0.874. The fourth-order valence-electron chi connectivity index (χ4n) is 3.11. The normalized spacial score (nSPS) is 15.0. The summed E-state index contributed by atoms with van der Waals surface area (Å²) in [7, 11) is 0. The number of halogens is 1. The number of aromatic nitrogens is 3. The van der Waals surface area contributed by atoms with E-state index in [9.17, 15) is 4.79 Å². The molecule has 2 N–H and O–H groups in total. The molecule has 1 aliphatic rings. The summed E-state index contributed by atoms with van der Waals surface area (Å²) in [6, 6.07) is 8.26. The maximum Gasteiger partial charge on any atom is 0.278 e. The van der Waals surface area contributed by atoms with Crippen LogP contribution in [0, 0.1) is 6.92 Å². The van der Waals surface area contributed by atoms with Crippen molar-refractivity contribution < 1.29 is 4.79 Å². The topological polar surface area (TPSA) is 71.8 Å². The molecule has 25 heavy (non-hydrogen) atoms. The molecular weight excluding hydrogens is 338 g/mol. The molecule has 136 valence electrons. The van der Waals surface area contributed by atoms with E-state index in [1.165, 1.54) is 5.56 Å². The summed E-state index contributed by atoms with van der Waals surface area (Å²) in [5.74, 6) is 0.220. The summed E-state index contributed by atoms with van der Waals surface area (Å²) in [5, 5.41) is 14.6. The van der Waals surface area contributed by atoms with Crippen molar-refractivity contribution in [1.82, 2.24) is 20.3 Å². The van der Waals surface area contributed by atoms with Crippen molar-refractivity contribution in [2.45, 2.75) is 45.6 Å². The molecule has 1 aromatic carbocycles. The van der Waals surface area contributed by atoms with Crippen molar-refractivity contribution >= 4 is 24.0 Å². The molecule has 2 aromatic rings. The van der Waals surface area contributed by atoms with Gasteiger partial charge in [0, 0.05) is 5.69 Å². The minimum atomic E-state index is -0.200. The number of amides is 1. The van der Waals surface area contributed by atoms with Crippen molar-refractivity contribution in [3.8, 4) is 0 Å². The summed E-state index contributed by atoms with van der Waals surface area (Å²) in [6.45, 7) is 8.15. The van der Waals surface area contributed by atoms with Gasteiger partial charge in [-0.3, -0.25) is 4.79 Å². The first kappa shape index (κ1) is 19.4. The summed E-state index contributed by atoms with van der Waals surface area (Å²) >= 11 is 0. The zero-order valence-corrected chi connectivity index (χ0v) is 15.8. The molecule has 1 amide bonds. The van der Waals surface area contributed by atoms with Crippen LogP contribution < -0.4 is 10.6 Å². The number of hydrogen-bond donors (Lipinski definition) is 2. The van der Waals surface area contributed by atoms with Gasteiger partial charge in [-0.25, -0.2) is 4.68 Å². The lowest BCUT2D eigenvalue weighted by atomic mass is 10.0. The molecule has 0 bridgehead atoms. The second kappa shape index (κ2) is 8.45. The van der Waals surface area contributed by atoms with Gasteiger partial charge >= 0.3 is 0 Å². The molecule has 1 fully saturated rings. The minimum Gasteiger partial charge on any atom is -0.321 e. The van der Waals surface area contributed by atoms with Crippen LogP contribution in [0.1, 0.15) is 60.4 Å². The van der Waals surface area contributed by atoms with E-state index in [4.69, 9.17) is 0 Å². The van der Waals surface area contributed by atoms with E-state index in [1.807, 2.05) is 29.8 Å². The second-order valence-corrected chi connectivity index (χ2v) is 6.68. The largest absolute Gasteiger partial charge is 0.321 e. The molecule has 2 heterocycles. The summed E-state index contributed by atoms with van der Waals surface area (Å²) in [6.07, 6.45) is 2.03. The van der Waals surface area contributed by atoms with Gasteiger partial charge in [-0.1, -0.05) is 31.2 Å². The van der Waals surface area contributed by atoms with Crippen LogP contribution in [0.25, 0.3) is 0 Å².